The van der Waals surface area contributed by atoms with Crippen LogP contribution >= 0.6 is 0 Å². The van der Waals surface area contributed by atoms with Gasteiger partial charge in [0, 0.05) is 18.0 Å². The van der Waals surface area contributed by atoms with E-state index < -0.39 is 17.1 Å². The van der Waals surface area contributed by atoms with Gasteiger partial charge in [0.15, 0.2) is 23.4 Å². The van der Waals surface area contributed by atoms with E-state index in [9.17, 15) is 9.90 Å². The van der Waals surface area contributed by atoms with Crippen LogP contribution in [0, 0.1) is 0 Å². The van der Waals surface area contributed by atoms with Gasteiger partial charge in [-0.25, -0.2) is 0 Å². The molecule has 2 bridgehead atoms. The quantitative estimate of drug-likeness (QED) is 0.738. The number of carbonyl (C=O) groups is 1. The van der Waals surface area contributed by atoms with Crippen molar-refractivity contribution in [1.29, 1.82) is 0 Å². The average molecular weight is 381 g/mol. The topological polar surface area (TPSA) is 59.0 Å². The molecule has 2 heterocycles. The predicted octanol–water partition coefficient (Wildman–Crippen LogP) is 1.05. The Kier molecular flexibility index (Phi) is 3.46. The summed E-state index contributed by atoms with van der Waals surface area (Å²) in [5.41, 5.74) is 0.737. The first-order valence-corrected chi connectivity index (χ1v) is 8.35. The van der Waals surface area contributed by atoms with Gasteiger partial charge in [-0.15, -0.1) is 0 Å². The maximum Gasteiger partial charge on any atom is 2.00 e. The van der Waals surface area contributed by atoms with E-state index in [0.717, 1.165) is 24.9 Å². The van der Waals surface area contributed by atoms with E-state index in [1.165, 1.54) is 5.56 Å². The van der Waals surface area contributed by atoms with Gasteiger partial charge in [0.05, 0.1) is 18.1 Å². The van der Waals surface area contributed by atoms with Crippen LogP contribution < -0.4 is 9.47 Å². The van der Waals surface area contributed by atoms with Gasteiger partial charge >= 0.3 is 19.5 Å². The Hall–Kier alpha value is -0.967. The molecular weight excluding hydrogens is 360 g/mol. The molecule has 4 atom stereocenters. The van der Waals surface area contributed by atoms with E-state index in [0.29, 0.717) is 24.3 Å². The first-order chi connectivity index (χ1) is 11.0. The summed E-state index contributed by atoms with van der Waals surface area (Å²) in [5, 5.41) is 11.7. The van der Waals surface area contributed by atoms with Crippen LogP contribution in [0.3, 0.4) is 0 Å². The number of rotatable bonds is 1. The predicted molar refractivity (Wildman–Crippen MR) is 83.0 cm³/mol. The molecule has 0 radical (unpaired) electrons. The van der Waals surface area contributed by atoms with Crippen LogP contribution in [-0.4, -0.2) is 54.2 Å². The third-order valence-corrected chi connectivity index (χ3v) is 6.73. The fraction of sp³-hybridized carbons (Fsp3) is 0.611. The second kappa shape index (κ2) is 5.03. The minimum absolute atomic E-state index is 0. The van der Waals surface area contributed by atoms with Gasteiger partial charge in [0.1, 0.15) is 0 Å². The second-order valence-corrected chi connectivity index (χ2v) is 7.44. The molecule has 6 heteroatoms. The number of ketones is 1. The van der Waals surface area contributed by atoms with Gasteiger partial charge in [-0.1, -0.05) is 6.07 Å². The summed E-state index contributed by atoms with van der Waals surface area (Å²) in [6.07, 6.45) is 1.89. The standard InChI is InChI=1S/C18H21NO4.Zn/c1-19-8-7-17-14-10-3-4-12(22-2)15(14)23-16(17)11(20)5-6-18(17,21)13(19)9-10;/h3-4,13,16,21H,5-9H2,1-2H3;/q;+2/t13-,16+,17+,18-;/m1./s1. The van der Waals surface area contributed by atoms with Crippen molar-refractivity contribution in [2.45, 2.75) is 48.8 Å². The maximum atomic E-state index is 12.7. The number of aliphatic hydroxyl groups is 1. The van der Waals surface area contributed by atoms with E-state index in [2.05, 4.69) is 18.0 Å². The fourth-order valence-electron chi connectivity index (χ4n) is 5.69. The summed E-state index contributed by atoms with van der Waals surface area (Å²) in [5.74, 6) is 1.47. The van der Waals surface area contributed by atoms with Crippen LogP contribution in [0.4, 0.5) is 0 Å². The molecule has 1 spiro atoms. The Morgan fingerprint density at radius 3 is 2.92 bits per heavy atom. The number of nitrogens with zero attached hydrogens (tertiary/aromatic N) is 1. The number of methoxy groups -OCH3 is 1. The fourth-order valence-corrected chi connectivity index (χ4v) is 5.69. The molecule has 1 saturated carbocycles. The number of hydrogen-bond acceptors (Lipinski definition) is 5. The van der Waals surface area contributed by atoms with E-state index in [1.807, 2.05) is 6.07 Å². The van der Waals surface area contributed by atoms with Crippen LogP contribution in [0.2, 0.25) is 0 Å². The SMILES string of the molecule is COc1ccc2c3c1O[C@H]1C(=O)CC[C@@]4(O)[C@@H](C2)N(C)CC[C@]314.[Zn+2]. The smallest absolute Gasteiger partial charge is 0.493 e. The number of likely N-dealkylation sites (tertiary alicyclic amines) is 1. The molecule has 2 aliphatic carbocycles. The summed E-state index contributed by atoms with van der Waals surface area (Å²) in [6.45, 7) is 0.871. The van der Waals surface area contributed by atoms with Crippen molar-refractivity contribution in [2.24, 2.45) is 0 Å². The zero-order valence-corrected chi connectivity index (χ0v) is 17.1. The van der Waals surface area contributed by atoms with Crippen LogP contribution in [0.1, 0.15) is 30.4 Å². The number of hydrogen-bond donors (Lipinski definition) is 1. The summed E-state index contributed by atoms with van der Waals surface area (Å²) in [6, 6.07) is 4.05. The Labute approximate surface area is 154 Å². The molecule has 0 unspecified atom stereocenters. The van der Waals surface area contributed by atoms with Crippen LogP contribution in [0.5, 0.6) is 11.5 Å². The van der Waals surface area contributed by atoms with Crippen LogP contribution in [0.25, 0.3) is 0 Å². The molecule has 1 aromatic rings. The number of Topliss-reactive ketones (excluding diaryl/α,β-unsaturated/α-hetero) is 1. The molecule has 5 rings (SSSR count). The zero-order chi connectivity index (χ0) is 16.0. The van der Waals surface area contributed by atoms with Crippen molar-refractivity contribution < 1.29 is 38.9 Å². The van der Waals surface area contributed by atoms with Crippen molar-refractivity contribution in [2.75, 3.05) is 20.7 Å². The molecular formula is C18H21NO4Zn+2. The Morgan fingerprint density at radius 1 is 1.38 bits per heavy atom. The Morgan fingerprint density at radius 2 is 2.17 bits per heavy atom. The van der Waals surface area contributed by atoms with Gasteiger partial charge in [-0.2, -0.15) is 0 Å². The van der Waals surface area contributed by atoms with E-state index >= 15 is 0 Å². The zero-order valence-electron chi connectivity index (χ0n) is 14.2. The molecule has 2 aliphatic heterocycles. The first-order valence-electron chi connectivity index (χ1n) is 8.35. The Balaban J connectivity index is 0.00000146. The van der Waals surface area contributed by atoms with Crippen molar-refractivity contribution >= 4 is 5.78 Å². The molecule has 2 fully saturated rings. The largest absolute Gasteiger partial charge is 2.00 e. The molecule has 5 nitrogen and oxygen atoms in total. The average Bonchev–Trinajstić information content (AvgIpc) is 2.90. The number of ether oxygens (including phenoxy) is 2. The van der Waals surface area contributed by atoms with Gasteiger partial charge in [0.2, 0.25) is 0 Å². The maximum absolute atomic E-state index is 12.7. The number of carbonyl (C=O) groups excluding carboxylic acids is 1. The van der Waals surface area contributed by atoms with E-state index in [4.69, 9.17) is 9.47 Å². The van der Waals surface area contributed by atoms with E-state index in [-0.39, 0.29) is 31.3 Å². The molecule has 4 aliphatic rings. The van der Waals surface area contributed by atoms with Crippen molar-refractivity contribution in [3.8, 4) is 11.5 Å². The molecule has 122 valence electrons. The number of benzene rings is 1. The van der Waals surface area contributed by atoms with Crippen molar-refractivity contribution in [3.05, 3.63) is 23.3 Å². The molecule has 0 aromatic heterocycles. The molecule has 1 N–H and O–H groups in total. The van der Waals surface area contributed by atoms with Crippen molar-refractivity contribution in [1.82, 2.24) is 4.90 Å². The minimum Gasteiger partial charge on any atom is -0.493 e. The van der Waals surface area contributed by atoms with Gasteiger partial charge in [-0.3, -0.25) is 4.79 Å². The van der Waals surface area contributed by atoms with Crippen molar-refractivity contribution in [3.63, 3.8) is 0 Å². The summed E-state index contributed by atoms with van der Waals surface area (Å²) in [4.78, 5) is 14.9. The Bertz CT molecular complexity index is 738. The van der Waals surface area contributed by atoms with Gasteiger partial charge in [0.25, 0.3) is 0 Å². The normalized spacial score (nSPS) is 38.9. The molecule has 0 amide bonds. The monoisotopic (exact) mass is 379 g/mol. The van der Waals surface area contributed by atoms with Crippen LogP contribution in [-0.2, 0) is 36.1 Å². The summed E-state index contributed by atoms with van der Waals surface area (Å²) < 4.78 is 11.6. The molecule has 1 saturated heterocycles. The number of likely N-dealkylation sites (N-methyl/N-ethyl adjacent to an activating group) is 1. The van der Waals surface area contributed by atoms with E-state index in [1.54, 1.807) is 7.11 Å². The molecule has 1 aromatic carbocycles. The molecule has 24 heavy (non-hydrogen) atoms. The van der Waals surface area contributed by atoms with Gasteiger partial charge < -0.3 is 19.5 Å². The summed E-state index contributed by atoms with van der Waals surface area (Å²) in [7, 11) is 3.70. The second-order valence-electron chi connectivity index (χ2n) is 7.44. The summed E-state index contributed by atoms with van der Waals surface area (Å²) >= 11 is 0. The first kappa shape index (κ1) is 16.5. The third-order valence-electron chi connectivity index (χ3n) is 6.73. The van der Waals surface area contributed by atoms with Gasteiger partial charge in [-0.05, 0) is 44.5 Å². The number of piperidine rings is 1. The minimum atomic E-state index is -0.900. The third kappa shape index (κ3) is 1.58. The van der Waals surface area contributed by atoms with Crippen LogP contribution in [0.15, 0.2) is 12.1 Å².